The summed E-state index contributed by atoms with van der Waals surface area (Å²) < 4.78 is 0. The molecule has 1 fully saturated rings. The van der Waals surface area contributed by atoms with Crippen LogP contribution in [-0.4, -0.2) is 35.0 Å². The molecule has 1 atom stereocenters. The van der Waals surface area contributed by atoms with Crippen LogP contribution in [0, 0.1) is 5.41 Å². The van der Waals surface area contributed by atoms with Crippen LogP contribution in [-0.2, 0) is 9.59 Å². The molecule has 0 bridgehead atoms. The van der Waals surface area contributed by atoms with E-state index < -0.39 is 11.4 Å². The average Bonchev–Trinajstić information content (AvgIpc) is 2.75. The zero-order valence-corrected chi connectivity index (χ0v) is 10.9. The molecule has 0 saturated carbocycles. The molecule has 0 radical (unpaired) electrons. The second-order valence-electron chi connectivity index (χ2n) is 5.72. The summed E-state index contributed by atoms with van der Waals surface area (Å²) in [6.07, 6.45) is 7.71. The van der Waals surface area contributed by atoms with Gasteiger partial charge in [-0.1, -0.05) is 11.6 Å². The molecule has 2 aliphatic rings. The van der Waals surface area contributed by atoms with Crippen LogP contribution < -0.4 is 0 Å². The van der Waals surface area contributed by atoms with Gasteiger partial charge in [0.1, 0.15) is 0 Å². The highest BCUT2D eigenvalue weighted by atomic mass is 16.4. The molecule has 4 heteroatoms. The minimum Gasteiger partial charge on any atom is -0.481 e. The molecule has 1 heterocycles. The minimum absolute atomic E-state index is 0.0909. The smallest absolute Gasteiger partial charge is 0.311 e. The van der Waals surface area contributed by atoms with Gasteiger partial charge < -0.3 is 10.0 Å². The van der Waals surface area contributed by atoms with Crippen LogP contribution in [0.25, 0.3) is 0 Å². The first-order valence-electron chi connectivity index (χ1n) is 6.70. The molecule has 100 valence electrons. The lowest BCUT2D eigenvalue weighted by Crippen LogP contribution is -2.35. The summed E-state index contributed by atoms with van der Waals surface area (Å²) >= 11 is 0. The number of carbonyl (C=O) groups excluding carboxylic acids is 1. The number of aliphatic carboxylic acids is 1. The average molecular weight is 251 g/mol. The molecule has 0 aromatic rings. The van der Waals surface area contributed by atoms with E-state index in [4.69, 9.17) is 5.11 Å². The van der Waals surface area contributed by atoms with Gasteiger partial charge in [-0.2, -0.15) is 0 Å². The third kappa shape index (κ3) is 2.74. The van der Waals surface area contributed by atoms with E-state index >= 15 is 0 Å². The third-order valence-corrected chi connectivity index (χ3v) is 4.11. The molecule has 1 saturated heterocycles. The number of carboxylic acid groups (broad SMARTS) is 1. The highest BCUT2D eigenvalue weighted by Gasteiger charge is 2.41. The van der Waals surface area contributed by atoms with Crippen molar-refractivity contribution in [3.63, 3.8) is 0 Å². The van der Waals surface area contributed by atoms with E-state index in [0.717, 1.165) is 12.8 Å². The first-order valence-corrected chi connectivity index (χ1v) is 6.70. The summed E-state index contributed by atoms with van der Waals surface area (Å²) in [5.41, 5.74) is 0.478. The van der Waals surface area contributed by atoms with Gasteiger partial charge in [-0.3, -0.25) is 9.59 Å². The summed E-state index contributed by atoms with van der Waals surface area (Å²) in [5, 5.41) is 9.14. The predicted octanol–water partition coefficient (Wildman–Crippen LogP) is 2.20. The fourth-order valence-corrected chi connectivity index (χ4v) is 2.72. The third-order valence-electron chi connectivity index (χ3n) is 4.11. The summed E-state index contributed by atoms with van der Waals surface area (Å²) in [6, 6.07) is 0. The molecular weight excluding hydrogens is 230 g/mol. The van der Waals surface area contributed by atoms with Crippen LogP contribution in [0.2, 0.25) is 0 Å². The molecule has 1 N–H and O–H groups in total. The molecule has 0 aromatic carbocycles. The lowest BCUT2D eigenvalue weighted by Gasteiger charge is -2.21. The molecule has 2 rings (SSSR count). The van der Waals surface area contributed by atoms with Crippen LogP contribution in [0.3, 0.4) is 0 Å². The van der Waals surface area contributed by atoms with E-state index in [9.17, 15) is 9.59 Å². The number of allylic oxidation sites excluding steroid dienone is 1. The Hall–Kier alpha value is -1.32. The Bertz CT molecular complexity index is 389. The zero-order valence-electron chi connectivity index (χ0n) is 10.9. The summed E-state index contributed by atoms with van der Waals surface area (Å²) in [7, 11) is 0. The number of amides is 1. The van der Waals surface area contributed by atoms with Gasteiger partial charge in [0, 0.05) is 19.5 Å². The van der Waals surface area contributed by atoms with Crippen molar-refractivity contribution >= 4 is 11.9 Å². The lowest BCUT2D eigenvalue weighted by molar-refractivity contribution is -0.147. The van der Waals surface area contributed by atoms with Crippen molar-refractivity contribution in [1.29, 1.82) is 0 Å². The first-order chi connectivity index (χ1) is 8.51. The highest BCUT2D eigenvalue weighted by Crippen LogP contribution is 2.31. The van der Waals surface area contributed by atoms with Gasteiger partial charge in [0.15, 0.2) is 0 Å². The molecule has 0 spiro atoms. The van der Waals surface area contributed by atoms with Crippen molar-refractivity contribution in [2.24, 2.45) is 5.41 Å². The van der Waals surface area contributed by atoms with Gasteiger partial charge in [-0.25, -0.2) is 0 Å². The van der Waals surface area contributed by atoms with Crippen molar-refractivity contribution < 1.29 is 14.7 Å². The normalized spacial score (nSPS) is 28.1. The summed E-state index contributed by atoms with van der Waals surface area (Å²) in [4.78, 5) is 25.0. The topological polar surface area (TPSA) is 57.6 Å². The van der Waals surface area contributed by atoms with Crippen LogP contribution >= 0.6 is 0 Å². The number of carbonyl (C=O) groups is 2. The summed E-state index contributed by atoms with van der Waals surface area (Å²) in [5.74, 6) is -0.706. The van der Waals surface area contributed by atoms with E-state index in [1.54, 1.807) is 11.8 Å². The van der Waals surface area contributed by atoms with Crippen molar-refractivity contribution in [3.05, 3.63) is 11.6 Å². The van der Waals surface area contributed by atoms with Crippen LogP contribution in [0.15, 0.2) is 11.6 Å². The maximum absolute atomic E-state index is 12.1. The van der Waals surface area contributed by atoms with E-state index in [-0.39, 0.29) is 5.91 Å². The van der Waals surface area contributed by atoms with Crippen molar-refractivity contribution in [2.45, 2.75) is 45.4 Å². The van der Waals surface area contributed by atoms with E-state index in [2.05, 4.69) is 6.08 Å². The quantitative estimate of drug-likeness (QED) is 0.782. The Kier molecular flexibility index (Phi) is 3.73. The van der Waals surface area contributed by atoms with Crippen molar-refractivity contribution in [2.75, 3.05) is 13.1 Å². The molecule has 0 aromatic heterocycles. The Morgan fingerprint density at radius 2 is 2.22 bits per heavy atom. The molecule has 1 aliphatic carbocycles. The standard InChI is InChI=1S/C14H21NO3/c1-14(13(17)18)7-8-15(10-14)12(16)9-11-5-3-2-4-6-11/h5H,2-4,6-10H2,1H3,(H,17,18)/t14-/m1/s1. The number of likely N-dealkylation sites (tertiary alicyclic amines) is 1. The molecular formula is C14H21NO3. The Morgan fingerprint density at radius 1 is 1.44 bits per heavy atom. The Balaban J connectivity index is 1.91. The van der Waals surface area contributed by atoms with Crippen molar-refractivity contribution in [1.82, 2.24) is 4.90 Å². The lowest BCUT2D eigenvalue weighted by atomic mass is 9.90. The maximum atomic E-state index is 12.1. The van der Waals surface area contributed by atoms with Crippen molar-refractivity contribution in [3.8, 4) is 0 Å². The van der Waals surface area contributed by atoms with Gasteiger partial charge in [0.05, 0.1) is 5.41 Å². The molecule has 4 nitrogen and oxygen atoms in total. The highest BCUT2D eigenvalue weighted by molar-refractivity contribution is 5.81. The number of hydrogen-bond acceptors (Lipinski definition) is 2. The largest absolute Gasteiger partial charge is 0.481 e. The zero-order chi connectivity index (χ0) is 13.2. The predicted molar refractivity (Wildman–Crippen MR) is 68.1 cm³/mol. The number of carboxylic acids is 1. The van der Waals surface area contributed by atoms with Crippen LogP contribution in [0.5, 0.6) is 0 Å². The molecule has 1 aliphatic heterocycles. The monoisotopic (exact) mass is 251 g/mol. The van der Waals surface area contributed by atoms with E-state index in [1.165, 1.54) is 18.4 Å². The number of hydrogen-bond donors (Lipinski definition) is 1. The Morgan fingerprint density at radius 3 is 2.78 bits per heavy atom. The fraction of sp³-hybridized carbons (Fsp3) is 0.714. The Labute approximate surface area is 108 Å². The van der Waals surface area contributed by atoms with Gasteiger partial charge in [0.25, 0.3) is 0 Å². The second-order valence-corrected chi connectivity index (χ2v) is 5.72. The maximum Gasteiger partial charge on any atom is 0.311 e. The minimum atomic E-state index is -0.797. The second kappa shape index (κ2) is 5.12. The molecule has 0 unspecified atom stereocenters. The SMILES string of the molecule is C[C@@]1(C(=O)O)CCN(C(=O)CC2=CCCCC2)C1. The van der Waals surface area contributed by atoms with Gasteiger partial charge in [-0.05, 0) is 39.0 Å². The number of rotatable bonds is 3. The van der Waals surface area contributed by atoms with Gasteiger partial charge in [-0.15, -0.1) is 0 Å². The van der Waals surface area contributed by atoms with E-state index in [0.29, 0.717) is 25.9 Å². The van der Waals surface area contributed by atoms with Gasteiger partial charge in [0.2, 0.25) is 5.91 Å². The molecule has 1 amide bonds. The van der Waals surface area contributed by atoms with Gasteiger partial charge >= 0.3 is 5.97 Å². The number of nitrogens with zero attached hydrogens (tertiary/aromatic N) is 1. The molecule has 18 heavy (non-hydrogen) atoms. The van der Waals surface area contributed by atoms with E-state index in [1.807, 2.05) is 0 Å². The van der Waals surface area contributed by atoms with Crippen LogP contribution in [0.4, 0.5) is 0 Å². The fourth-order valence-electron chi connectivity index (χ4n) is 2.72. The first kappa shape index (κ1) is 13.1. The summed E-state index contributed by atoms with van der Waals surface area (Å²) in [6.45, 7) is 2.66. The van der Waals surface area contributed by atoms with Crippen LogP contribution in [0.1, 0.15) is 45.4 Å².